The lowest BCUT2D eigenvalue weighted by atomic mass is 10.1. The van der Waals surface area contributed by atoms with Gasteiger partial charge in [0.2, 0.25) is 0 Å². The number of aromatic amines is 1. The summed E-state index contributed by atoms with van der Waals surface area (Å²) >= 11 is 0. The number of nitrogens with zero attached hydrogens (tertiary/aromatic N) is 2. The second-order valence-electron chi connectivity index (χ2n) is 5.75. The molecule has 1 aliphatic carbocycles. The Hall–Kier alpha value is -2.10. The summed E-state index contributed by atoms with van der Waals surface area (Å²) in [6.07, 6.45) is 7.05. The van der Waals surface area contributed by atoms with Crippen LogP contribution in [0.4, 0.5) is 5.82 Å². The molecule has 102 valence electrons. The van der Waals surface area contributed by atoms with Crippen LogP contribution in [0.2, 0.25) is 0 Å². The number of nitrogens with one attached hydrogen (secondary N) is 2. The van der Waals surface area contributed by atoms with Crippen LogP contribution in [0.1, 0.15) is 31.2 Å². The summed E-state index contributed by atoms with van der Waals surface area (Å²) in [6, 6.07) is 6.95. The Bertz CT molecular complexity index is 769. The van der Waals surface area contributed by atoms with Crippen molar-refractivity contribution in [2.45, 2.75) is 38.6 Å². The Balaban J connectivity index is 1.82. The van der Waals surface area contributed by atoms with E-state index >= 15 is 0 Å². The van der Waals surface area contributed by atoms with Gasteiger partial charge in [-0.1, -0.05) is 12.8 Å². The number of rotatable bonds is 2. The van der Waals surface area contributed by atoms with Gasteiger partial charge in [-0.15, -0.1) is 0 Å². The van der Waals surface area contributed by atoms with Crippen molar-refractivity contribution in [2.24, 2.45) is 0 Å². The molecule has 2 N–H and O–H groups in total. The van der Waals surface area contributed by atoms with E-state index in [1.54, 1.807) is 0 Å². The lowest BCUT2D eigenvalue weighted by molar-refractivity contribution is 0.750. The predicted octanol–water partition coefficient (Wildman–Crippen LogP) is 3.77. The summed E-state index contributed by atoms with van der Waals surface area (Å²) in [6.45, 7) is 2.12. The smallest absolute Gasteiger partial charge is 0.129 e. The molecule has 1 aliphatic rings. The van der Waals surface area contributed by atoms with Gasteiger partial charge in [-0.25, -0.2) is 4.98 Å². The third kappa shape index (κ3) is 1.83. The number of fused-ring (bicyclic) bond motifs is 3. The first-order valence-electron chi connectivity index (χ1n) is 7.31. The van der Waals surface area contributed by atoms with Crippen molar-refractivity contribution in [2.75, 3.05) is 5.32 Å². The van der Waals surface area contributed by atoms with E-state index in [0.29, 0.717) is 6.04 Å². The molecule has 0 saturated heterocycles. The maximum absolute atomic E-state index is 4.81. The van der Waals surface area contributed by atoms with E-state index in [9.17, 15) is 0 Å². The summed E-state index contributed by atoms with van der Waals surface area (Å²) in [4.78, 5) is 4.81. The van der Waals surface area contributed by atoms with E-state index in [-0.39, 0.29) is 0 Å². The van der Waals surface area contributed by atoms with E-state index in [1.807, 2.05) is 6.20 Å². The summed E-state index contributed by atoms with van der Waals surface area (Å²) in [5.41, 5.74) is 3.30. The van der Waals surface area contributed by atoms with Crippen LogP contribution in [0.15, 0.2) is 24.4 Å². The molecule has 0 amide bonds. The van der Waals surface area contributed by atoms with Crippen molar-refractivity contribution in [3.8, 4) is 0 Å². The second kappa shape index (κ2) is 4.47. The first kappa shape index (κ1) is 11.7. The molecule has 2 aromatic heterocycles. The molecule has 2 heterocycles. The second-order valence-corrected chi connectivity index (χ2v) is 5.75. The van der Waals surface area contributed by atoms with Gasteiger partial charge in [-0.05, 0) is 43.5 Å². The third-order valence-electron chi connectivity index (χ3n) is 4.30. The van der Waals surface area contributed by atoms with Gasteiger partial charge in [-0.2, -0.15) is 5.10 Å². The van der Waals surface area contributed by atoms with Crippen LogP contribution in [0, 0.1) is 6.92 Å². The quantitative estimate of drug-likeness (QED) is 0.742. The summed E-state index contributed by atoms with van der Waals surface area (Å²) in [5.74, 6) is 1.03. The summed E-state index contributed by atoms with van der Waals surface area (Å²) in [7, 11) is 0. The van der Waals surface area contributed by atoms with Gasteiger partial charge >= 0.3 is 0 Å². The molecule has 4 heteroatoms. The van der Waals surface area contributed by atoms with E-state index in [2.05, 4.69) is 40.6 Å². The highest BCUT2D eigenvalue weighted by Gasteiger charge is 2.16. The minimum atomic E-state index is 0.592. The fraction of sp³-hybridized carbons (Fsp3) is 0.375. The average Bonchev–Trinajstić information content (AvgIpc) is 3.10. The third-order valence-corrected chi connectivity index (χ3v) is 4.30. The highest BCUT2D eigenvalue weighted by Crippen LogP contribution is 2.28. The maximum atomic E-state index is 4.81. The molecule has 4 rings (SSSR count). The molecule has 1 saturated carbocycles. The number of pyridine rings is 1. The van der Waals surface area contributed by atoms with Crippen molar-refractivity contribution in [1.29, 1.82) is 0 Å². The predicted molar refractivity (Wildman–Crippen MR) is 82.0 cm³/mol. The first-order valence-corrected chi connectivity index (χ1v) is 7.31. The average molecular weight is 266 g/mol. The maximum Gasteiger partial charge on any atom is 0.129 e. The molecule has 0 unspecified atom stereocenters. The standard InChI is InChI=1S/C16H18N4/c1-10-8-13-14(7-6-11-9-17-20-15(11)13)19-16(10)18-12-4-2-3-5-12/h6-9,12H,2-5H2,1H3,(H,17,20)(H,18,19). The minimum absolute atomic E-state index is 0.592. The molecule has 0 atom stereocenters. The van der Waals surface area contributed by atoms with Gasteiger partial charge in [0.15, 0.2) is 0 Å². The summed E-state index contributed by atoms with van der Waals surface area (Å²) < 4.78 is 0. The highest BCUT2D eigenvalue weighted by molar-refractivity contribution is 6.04. The molecule has 0 aliphatic heterocycles. The van der Waals surface area contributed by atoms with E-state index in [0.717, 1.165) is 27.6 Å². The normalized spacial score (nSPS) is 16.2. The van der Waals surface area contributed by atoms with Gasteiger partial charge in [0.05, 0.1) is 17.2 Å². The zero-order chi connectivity index (χ0) is 13.5. The fourth-order valence-electron chi connectivity index (χ4n) is 3.17. The van der Waals surface area contributed by atoms with Crippen molar-refractivity contribution in [3.63, 3.8) is 0 Å². The van der Waals surface area contributed by atoms with Crippen LogP contribution >= 0.6 is 0 Å². The van der Waals surface area contributed by atoms with E-state index in [4.69, 9.17) is 4.98 Å². The van der Waals surface area contributed by atoms with Crippen LogP contribution < -0.4 is 5.32 Å². The monoisotopic (exact) mass is 266 g/mol. The Morgan fingerprint density at radius 3 is 2.95 bits per heavy atom. The number of aromatic nitrogens is 3. The van der Waals surface area contributed by atoms with Gasteiger partial charge < -0.3 is 5.32 Å². The Labute approximate surface area is 117 Å². The molecule has 1 aromatic carbocycles. The number of hydrogen-bond donors (Lipinski definition) is 2. The van der Waals surface area contributed by atoms with Crippen LogP contribution in [0.25, 0.3) is 21.8 Å². The van der Waals surface area contributed by atoms with E-state index < -0.39 is 0 Å². The number of benzene rings is 1. The highest BCUT2D eigenvalue weighted by atomic mass is 15.1. The lowest BCUT2D eigenvalue weighted by Gasteiger charge is -2.15. The zero-order valence-corrected chi connectivity index (χ0v) is 11.6. The number of H-pyrrole nitrogens is 1. The van der Waals surface area contributed by atoms with Crippen molar-refractivity contribution >= 4 is 27.6 Å². The molecule has 0 radical (unpaired) electrons. The van der Waals surface area contributed by atoms with Crippen molar-refractivity contribution < 1.29 is 0 Å². The SMILES string of the molecule is Cc1cc2c(ccc3cn[nH]c32)nc1NC1CCCC1. The topological polar surface area (TPSA) is 53.6 Å². The van der Waals surface area contributed by atoms with Gasteiger partial charge in [0.25, 0.3) is 0 Å². The van der Waals surface area contributed by atoms with Crippen molar-refractivity contribution in [3.05, 3.63) is 30.0 Å². The van der Waals surface area contributed by atoms with Gasteiger partial charge in [0.1, 0.15) is 5.82 Å². The fourth-order valence-corrected chi connectivity index (χ4v) is 3.17. The molecule has 4 nitrogen and oxygen atoms in total. The molecule has 20 heavy (non-hydrogen) atoms. The van der Waals surface area contributed by atoms with Gasteiger partial charge in [-0.3, -0.25) is 5.10 Å². The van der Waals surface area contributed by atoms with Crippen LogP contribution in [-0.2, 0) is 0 Å². The van der Waals surface area contributed by atoms with Crippen molar-refractivity contribution in [1.82, 2.24) is 15.2 Å². The summed E-state index contributed by atoms with van der Waals surface area (Å²) in [5, 5.41) is 13.1. The molecule has 0 spiro atoms. The molecule has 0 bridgehead atoms. The number of aryl methyl sites for hydroxylation is 1. The largest absolute Gasteiger partial charge is 0.367 e. The Morgan fingerprint density at radius 1 is 1.25 bits per heavy atom. The Kier molecular flexibility index (Phi) is 2.62. The number of anilines is 1. The lowest BCUT2D eigenvalue weighted by Crippen LogP contribution is -2.16. The molecule has 3 aromatic rings. The zero-order valence-electron chi connectivity index (χ0n) is 11.6. The molecular formula is C16H18N4. The minimum Gasteiger partial charge on any atom is -0.367 e. The van der Waals surface area contributed by atoms with Crippen LogP contribution in [0.5, 0.6) is 0 Å². The van der Waals surface area contributed by atoms with Gasteiger partial charge in [0, 0.05) is 16.8 Å². The molecule has 1 fully saturated rings. The van der Waals surface area contributed by atoms with Crippen LogP contribution in [-0.4, -0.2) is 21.2 Å². The number of hydrogen-bond acceptors (Lipinski definition) is 3. The first-order chi connectivity index (χ1) is 9.81. The van der Waals surface area contributed by atoms with Crippen LogP contribution in [0.3, 0.4) is 0 Å². The van der Waals surface area contributed by atoms with E-state index in [1.165, 1.54) is 31.2 Å². The molecular weight excluding hydrogens is 248 g/mol. The Morgan fingerprint density at radius 2 is 2.10 bits per heavy atom.